The van der Waals surface area contributed by atoms with E-state index in [-0.39, 0.29) is 11.5 Å². The first kappa shape index (κ1) is 17.4. The molecule has 132 valence electrons. The van der Waals surface area contributed by atoms with Crippen molar-refractivity contribution in [1.29, 1.82) is 0 Å². The van der Waals surface area contributed by atoms with Crippen molar-refractivity contribution in [2.75, 3.05) is 6.54 Å². The third-order valence-electron chi connectivity index (χ3n) is 3.59. The van der Waals surface area contributed by atoms with E-state index < -0.39 is 41.9 Å². The Kier molecular flexibility index (Phi) is 4.83. The summed E-state index contributed by atoms with van der Waals surface area (Å²) >= 11 is 0. The van der Waals surface area contributed by atoms with Gasteiger partial charge in [-0.3, -0.25) is 9.59 Å². The molecule has 0 aromatic heterocycles. The lowest BCUT2D eigenvalue weighted by molar-refractivity contribution is -0.138. The minimum atomic E-state index is -1.40. The first-order valence-corrected chi connectivity index (χ1v) is 7.56. The molecule has 0 spiro atoms. The fourth-order valence-electron chi connectivity index (χ4n) is 2.24. The smallest absolute Gasteiger partial charge is 0.345 e. The van der Waals surface area contributed by atoms with Gasteiger partial charge in [0.25, 0.3) is 5.91 Å². The molecule has 1 aliphatic heterocycles. The molecule has 1 atom stereocenters. The van der Waals surface area contributed by atoms with Crippen LogP contribution >= 0.6 is 0 Å². The molecule has 0 fully saturated rings. The van der Waals surface area contributed by atoms with E-state index in [2.05, 4.69) is 10.3 Å². The number of nitrogens with one attached hydrogen (secondary N) is 1. The number of carbonyl (C=O) groups is 3. The van der Waals surface area contributed by atoms with Gasteiger partial charge in [-0.15, -0.1) is 0 Å². The summed E-state index contributed by atoms with van der Waals surface area (Å²) in [6, 6.07) is 8.44. The molecule has 0 saturated heterocycles. The average Bonchev–Trinajstić information content (AvgIpc) is 3.02. The lowest BCUT2D eigenvalue weighted by Crippen LogP contribution is -2.37. The first-order valence-electron chi connectivity index (χ1n) is 7.56. The summed E-state index contributed by atoms with van der Waals surface area (Å²) in [5.74, 6) is -3.16. The number of rotatable bonds is 5. The average molecular weight is 358 g/mol. The van der Waals surface area contributed by atoms with Crippen LogP contribution in [-0.4, -0.2) is 36.1 Å². The van der Waals surface area contributed by atoms with Gasteiger partial charge in [0.05, 0.1) is 6.54 Å². The molecule has 0 radical (unpaired) electrons. The van der Waals surface area contributed by atoms with Crippen LogP contribution in [0.5, 0.6) is 0 Å². The van der Waals surface area contributed by atoms with Crippen LogP contribution in [0.1, 0.15) is 15.9 Å². The highest BCUT2D eigenvalue weighted by Gasteiger charge is 2.35. The Morgan fingerprint density at radius 1 is 1.00 bits per heavy atom. The number of aliphatic imine (C=N–C) groups is 1. The van der Waals surface area contributed by atoms with Gasteiger partial charge in [0.1, 0.15) is 11.6 Å². The number of nitrogens with zero attached hydrogens (tertiary/aromatic N) is 1. The monoisotopic (exact) mass is 358 g/mol. The second kappa shape index (κ2) is 7.22. The second-order valence-electron chi connectivity index (χ2n) is 5.42. The van der Waals surface area contributed by atoms with Gasteiger partial charge in [-0.1, -0.05) is 0 Å². The van der Waals surface area contributed by atoms with E-state index in [0.29, 0.717) is 5.56 Å². The van der Waals surface area contributed by atoms with Crippen molar-refractivity contribution in [2.45, 2.75) is 6.04 Å². The van der Waals surface area contributed by atoms with Gasteiger partial charge in [-0.25, -0.2) is 18.6 Å². The van der Waals surface area contributed by atoms with E-state index in [9.17, 15) is 23.2 Å². The van der Waals surface area contributed by atoms with Crippen LogP contribution in [-0.2, 0) is 14.3 Å². The SMILES string of the molecule is O=C(NCC(=O)[C@H]1N=C(c2ccc(F)cc2)OC1=O)c1ccc(F)cc1. The summed E-state index contributed by atoms with van der Waals surface area (Å²) in [5.41, 5.74) is 0.522. The highest BCUT2D eigenvalue weighted by atomic mass is 19.1. The van der Waals surface area contributed by atoms with Crippen molar-refractivity contribution in [3.8, 4) is 0 Å². The van der Waals surface area contributed by atoms with Crippen LogP contribution in [0.15, 0.2) is 53.5 Å². The van der Waals surface area contributed by atoms with Crippen molar-refractivity contribution in [2.24, 2.45) is 4.99 Å². The molecular formula is C18H12F2N2O4. The predicted octanol–water partition coefficient (Wildman–Crippen LogP) is 1.64. The Hall–Kier alpha value is -3.42. The number of hydrogen-bond acceptors (Lipinski definition) is 5. The minimum absolute atomic E-state index is 0.0850. The van der Waals surface area contributed by atoms with Crippen LogP contribution in [0.4, 0.5) is 8.78 Å². The number of ketones is 1. The van der Waals surface area contributed by atoms with Gasteiger partial charge in [0.15, 0.2) is 5.78 Å². The van der Waals surface area contributed by atoms with Crippen LogP contribution in [0.2, 0.25) is 0 Å². The minimum Gasteiger partial charge on any atom is -0.405 e. The number of esters is 1. The molecule has 0 unspecified atom stereocenters. The molecule has 1 heterocycles. The predicted molar refractivity (Wildman–Crippen MR) is 86.6 cm³/mol. The maximum absolute atomic E-state index is 12.9. The largest absolute Gasteiger partial charge is 0.405 e. The topological polar surface area (TPSA) is 84.8 Å². The summed E-state index contributed by atoms with van der Waals surface area (Å²) in [6.45, 7) is -0.448. The highest BCUT2D eigenvalue weighted by molar-refractivity contribution is 6.16. The third-order valence-corrected chi connectivity index (χ3v) is 3.59. The molecule has 6 nitrogen and oxygen atoms in total. The van der Waals surface area contributed by atoms with Gasteiger partial charge in [-0.2, -0.15) is 0 Å². The Balaban J connectivity index is 1.63. The van der Waals surface area contributed by atoms with E-state index in [1.165, 1.54) is 36.4 Å². The second-order valence-corrected chi connectivity index (χ2v) is 5.42. The number of benzene rings is 2. The van der Waals surface area contributed by atoms with E-state index >= 15 is 0 Å². The molecule has 1 N–H and O–H groups in total. The Morgan fingerprint density at radius 2 is 1.58 bits per heavy atom. The Labute approximate surface area is 146 Å². The Morgan fingerprint density at radius 3 is 2.19 bits per heavy atom. The maximum Gasteiger partial charge on any atom is 0.345 e. The first-order chi connectivity index (χ1) is 12.4. The summed E-state index contributed by atoms with van der Waals surface area (Å²) in [4.78, 5) is 39.8. The number of hydrogen-bond donors (Lipinski definition) is 1. The van der Waals surface area contributed by atoms with Crippen molar-refractivity contribution < 1.29 is 27.9 Å². The molecule has 2 aromatic rings. The van der Waals surface area contributed by atoms with E-state index in [1.54, 1.807) is 0 Å². The number of cyclic esters (lactones) is 1. The van der Waals surface area contributed by atoms with Crippen LogP contribution < -0.4 is 5.32 Å². The van der Waals surface area contributed by atoms with E-state index in [4.69, 9.17) is 4.74 Å². The summed E-state index contributed by atoms with van der Waals surface area (Å²) < 4.78 is 30.7. The molecular weight excluding hydrogens is 346 g/mol. The van der Waals surface area contributed by atoms with E-state index in [1.807, 2.05) is 0 Å². The van der Waals surface area contributed by atoms with Gasteiger partial charge < -0.3 is 10.1 Å². The van der Waals surface area contributed by atoms with Crippen molar-refractivity contribution in [1.82, 2.24) is 5.32 Å². The molecule has 2 aromatic carbocycles. The van der Waals surface area contributed by atoms with Gasteiger partial charge in [-0.05, 0) is 48.5 Å². The zero-order chi connectivity index (χ0) is 18.7. The summed E-state index contributed by atoms with van der Waals surface area (Å²) in [6.07, 6.45) is 0. The third kappa shape index (κ3) is 3.80. The molecule has 3 rings (SSSR count). The molecule has 26 heavy (non-hydrogen) atoms. The van der Waals surface area contributed by atoms with Crippen LogP contribution in [0.25, 0.3) is 0 Å². The van der Waals surface area contributed by atoms with Crippen molar-refractivity contribution in [3.63, 3.8) is 0 Å². The van der Waals surface area contributed by atoms with Gasteiger partial charge >= 0.3 is 5.97 Å². The molecule has 1 aliphatic rings. The number of carbonyl (C=O) groups excluding carboxylic acids is 3. The summed E-state index contributed by atoms with van der Waals surface area (Å²) in [5, 5.41) is 2.34. The number of halogens is 2. The van der Waals surface area contributed by atoms with Gasteiger partial charge in [0.2, 0.25) is 11.9 Å². The fourth-order valence-corrected chi connectivity index (χ4v) is 2.24. The van der Waals surface area contributed by atoms with Gasteiger partial charge in [0, 0.05) is 11.1 Å². The van der Waals surface area contributed by atoms with E-state index in [0.717, 1.165) is 12.1 Å². The normalized spacial score (nSPS) is 16.0. The number of ether oxygens (including phenoxy) is 1. The number of Topliss-reactive ketones (excluding diaryl/α,β-unsaturated/α-hetero) is 1. The standard InChI is InChI=1S/C18H12F2N2O4/c19-12-5-1-10(2-6-12)16(24)21-9-14(23)15-18(25)26-17(22-15)11-3-7-13(20)8-4-11/h1-8,15H,9H2,(H,21,24)/t15-/m1/s1. The highest BCUT2D eigenvalue weighted by Crippen LogP contribution is 2.15. The molecule has 0 aliphatic carbocycles. The lowest BCUT2D eigenvalue weighted by atomic mass is 10.1. The molecule has 0 saturated carbocycles. The number of amides is 1. The maximum atomic E-state index is 12.9. The zero-order valence-electron chi connectivity index (χ0n) is 13.2. The fraction of sp³-hybridized carbons (Fsp3) is 0.111. The Bertz CT molecular complexity index is 892. The van der Waals surface area contributed by atoms with Crippen LogP contribution in [0.3, 0.4) is 0 Å². The quantitative estimate of drug-likeness (QED) is 0.650. The summed E-state index contributed by atoms with van der Waals surface area (Å²) in [7, 11) is 0. The van der Waals surface area contributed by atoms with Crippen molar-refractivity contribution in [3.05, 3.63) is 71.3 Å². The zero-order valence-corrected chi connectivity index (χ0v) is 13.2. The lowest BCUT2D eigenvalue weighted by Gasteiger charge is -2.06. The van der Waals surface area contributed by atoms with Crippen molar-refractivity contribution >= 4 is 23.6 Å². The molecule has 0 bridgehead atoms. The van der Waals surface area contributed by atoms with Crippen LogP contribution in [0, 0.1) is 11.6 Å². The molecule has 8 heteroatoms. The molecule has 1 amide bonds.